The Morgan fingerprint density at radius 1 is 1.09 bits per heavy atom. The lowest BCUT2D eigenvalue weighted by molar-refractivity contribution is -0.0147. The summed E-state index contributed by atoms with van der Waals surface area (Å²) in [6.07, 6.45) is 3.53. The molecule has 0 amide bonds. The molecule has 23 heavy (non-hydrogen) atoms. The molecule has 0 bridgehead atoms. The van der Waals surface area contributed by atoms with E-state index in [1.54, 1.807) is 0 Å². The molecular formula is C22H23O. The Labute approximate surface area is 139 Å². The summed E-state index contributed by atoms with van der Waals surface area (Å²) < 4.78 is 6.21. The largest absolute Gasteiger partial charge is 0.368 e. The molecule has 0 atom stereocenters. The van der Waals surface area contributed by atoms with Crippen molar-refractivity contribution in [3.05, 3.63) is 70.8 Å². The van der Waals surface area contributed by atoms with Gasteiger partial charge in [-0.25, -0.2) is 0 Å². The van der Waals surface area contributed by atoms with Gasteiger partial charge in [-0.2, -0.15) is 0 Å². The summed E-state index contributed by atoms with van der Waals surface area (Å²) in [7, 11) is 0. The van der Waals surface area contributed by atoms with E-state index in [2.05, 4.69) is 56.9 Å². The first-order chi connectivity index (χ1) is 11.1. The van der Waals surface area contributed by atoms with Gasteiger partial charge in [0.25, 0.3) is 0 Å². The molecule has 1 heteroatoms. The van der Waals surface area contributed by atoms with Gasteiger partial charge in [-0.3, -0.25) is 0 Å². The van der Waals surface area contributed by atoms with Gasteiger partial charge < -0.3 is 4.74 Å². The highest BCUT2D eigenvalue weighted by atomic mass is 16.5. The average Bonchev–Trinajstić information content (AvgIpc) is 3.33. The maximum absolute atomic E-state index is 6.21. The Kier molecular flexibility index (Phi) is 4.55. The number of rotatable bonds is 4. The van der Waals surface area contributed by atoms with Crippen LogP contribution in [-0.4, -0.2) is 6.10 Å². The van der Waals surface area contributed by atoms with Gasteiger partial charge in [0.2, 0.25) is 0 Å². The van der Waals surface area contributed by atoms with Gasteiger partial charge in [-0.1, -0.05) is 37.0 Å². The van der Waals surface area contributed by atoms with E-state index in [-0.39, 0.29) is 11.7 Å². The van der Waals surface area contributed by atoms with E-state index in [0.717, 1.165) is 30.4 Å². The molecule has 0 unspecified atom stereocenters. The first-order valence-corrected chi connectivity index (χ1v) is 8.42. The van der Waals surface area contributed by atoms with Crippen LogP contribution in [0.15, 0.2) is 42.5 Å². The molecule has 1 nitrogen and oxygen atoms in total. The van der Waals surface area contributed by atoms with Crippen LogP contribution < -0.4 is 0 Å². The van der Waals surface area contributed by atoms with Crippen molar-refractivity contribution in [3.8, 4) is 11.8 Å². The molecular weight excluding hydrogens is 280 g/mol. The van der Waals surface area contributed by atoms with Crippen LogP contribution in [0.4, 0.5) is 0 Å². The highest BCUT2D eigenvalue weighted by molar-refractivity contribution is 5.47. The standard InChI is InChI=1S/C22H23O/c1-4-20-16-19(11-10-18-8-6-5-7-9-18)12-13-21(20)22(14-15-22)23-17(2)3/h6-9,12-13,16-17H,4,14-15H2,1-3H3. The fraction of sp³-hybridized carbons (Fsp3) is 0.364. The maximum Gasteiger partial charge on any atom is 0.0939 e. The molecule has 2 aromatic carbocycles. The number of hydrogen-bond acceptors (Lipinski definition) is 1. The Bertz CT molecular complexity index is 728. The van der Waals surface area contributed by atoms with E-state index in [9.17, 15) is 0 Å². The molecule has 0 saturated heterocycles. The topological polar surface area (TPSA) is 9.23 Å². The normalized spacial score (nSPS) is 15.1. The summed E-state index contributed by atoms with van der Waals surface area (Å²) in [5, 5.41) is 0. The Morgan fingerprint density at radius 3 is 2.39 bits per heavy atom. The summed E-state index contributed by atoms with van der Waals surface area (Å²) in [5.41, 5.74) is 4.76. The van der Waals surface area contributed by atoms with Crippen LogP contribution in [0.1, 0.15) is 55.9 Å². The maximum atomic E-state index is 6.21. The minimum atomic E-state index is -0.0409. The van der Waals surface area contributed by atoms with E-state index >= 15 is 0 Å². The molecule has 0 aliphatic heterocycles. The van der Waals surface area contributed by atoms with Crippen molar-refractivity contribution >= 4 is 0 Å². The molecule has 0 heterocycles. The summed E-state index contributed by atoms with van der Waals surface area (Å²) in [4.78, 5) is 0. The van der Waals surface area contributed by atoms with Crippen LogP contribution in [-0.2, 0) is 16.8 Å². The van der Waals surface area contributed by atoms with Crippen molar-refractivity contribution in [2.24, 2.45) is 0 Å². The van der Waals surface area contributed by atoms with Crippen LogP contribution in [0.3, 0.4) is 0 Å². The molecule has 1 aliphatic carbocycles. The van der Waals surface area contributed by atoms with Gasteiger partial charge in [0.05, 0.1) is 11.7 Å². The van der Waals surface area contributed by atoms with Crippen LogP contribution in [0.2, 0.25) is 0 Å². The number of aryl methyl sites for hydroxylation is 1. The van der Waals surface area contributed by atoms with Crippen LogP contribution >= 0.6 is 0 Å². The van der Waals surface area contributed by atoms with E-state index in [1.807, 2.05) is 24.3 Å². The first-order valence-electron chi connectivity index (χ1n) is 8.42. The van der Waals surface area contributed by atoms with Gasteiger partial charge >= 0.3 is 0 Å². The molecule has 3 rings (SSSR count). The molecule has 0 spiro atoms. The Hall–Kier alpha value is -2.04. The van der Waals surface area contributed by atoms with Crippen LogP contribution in [0.5, 0.6) is 0 Å². The third-order valence-electron chi connectivity index (χ3n) is 4.21. The minimum Gasteiger partial charge on any atom is -0.368 e. The fourth-order valence-electron chi connectivity index (χ4n) is 3.04. The predicted octanol–water partition coefficient (Wildman–Crippen LogP) is 4.86. The summed E-state index contributed by atoms with van der Waals surface area (Å²) in [6, 6.07) is 17.3. The summed E-state index contributed by atoms with van der Waals surface area (Å²) in [5.74, 6) is 6.49. The smallest absolute Gasteiger partial charge is 0.0939 e. The van der Waals surface area contributed by atoms with Crippen molar-refractivity contribution in [1.29, 1.82) is 0 Å². The lowest BCUT2D eigenvalue weighted by Crippen LogP contribution is -2.19. The lowest BCUT2D eigenvalue weighted by Gasteiger charge is -2.22. The van der Waals surface area contributed by atoms with Gasteiger partial charge in [0.15, 0.2) is 0 Å². The number of benzene rings is 2. The molecule has 2 aromatic rings. The molecule has 0 N–H and O–H groups in total. The highest BCUT2D eigenvalue weighted by Gasteiger charge is 2.47. The highest BCUT2D eigenvalue weighted by Crippen LogP contribution is 2.51. The van der Waals surface area contributed by atoms with Gasteiger partial charge in [0.1, 0.15) is 0 Å². The van der Waals surface area contributed by atoms with E-state index in [1.165, 1.54) is 11.1 Å². The quantitative estimate of drug-likeness (QED) is 0.733. The van der Waals surface area contributed by atoms with Crippen LogP contribution in [0.25, 0.3) is 0 Å². The van der Waals surface area contributed by atoms with E-state index in [4.69, 9.17) is 4.74 Å². The molecule has 1 saturated carbocycles. The van der Waals surface area contributed by atoms with Gasteiger partial charge in [-0.15, -0.1) is 0 Å². The zero-order valence-electron chi connectivity index (χ0n) is 14.1. The van der Waals surface area contributed by atoms with Gasteiger partial charge in [0, 0.05) is 11.1 Å². The second-order valence-corrected chi connectivity index (χ2v) is 6.43. The molecule has 1 aliphatic rings. The third kappa shape index (κ3) is 3.66. The molecule has 1 radical (unpaired) electrons. The molecule has 1 fully saturated rings. The fourth-order valence-corrected chi connectivity index (χ4v) is 3.04. The van der Waals surface area contributed by atoms with Crippen molar-refractivity contribution in [2.75, 3.05) is 0 Å². The Morgan fingerprint density at radius 2 is 1.78 bits per heavy atom. The van der Waals surface area contributed by atoms with Crippen molar-refractivity contribution in [2.45, 2.75) is 51.7 Å². The zero-order chi connectivity index (χ0) is 16.3. The second kappa shape index (κ2) is 6.60. The third-order valence-corrected chi connectivity index (χ3v) is 4.21. The SMILES string of the molecule is CCc1cc(C#Cc2cc[c]cc2)ccc1C1(OC(C)C)CC1. The minimum absolute atomic E-state index is 0.0409. The van der Waals surface area contributed by atoms with Gasteiger partial charge in [-0.05, 0) is 74.6 Å². The monoisotopic (exact) mass is 303 g/mol. The number of hydrogen-bond donors (Lipinski definition) is 0. The first kappa shape index (κ1) is 15.8. The van der Waals surface area contributed by atoms with E-state index in [0.29, 0.717) is 0 Å². The average molecular weight is 303 g/mol. The van der Waals surface area contributed by atoms with Crippen molar-refractivity contribution in [3.63, 3.8) is 0 Å². The lowest BCUT2D eigenvalue weighted by atomic mass is 9.96. The van der Waals surface area contributed by atoms with E-state index < -0.39 is 0 Å². The predicted molar refractivity (Wildman–Crippen MR) is 94.2 cm³/mol. The van der Waals surface area contributed by atoms with Crippen LogP contribution in [0, 0.1) is 17.9 Å². The summed E-state index contributed by atoms with van der Waals surface area (Å²) in [6.45, 7) is 6.43. The molecule has 117 valence electrons. The second-order valence-electron chi connectivity index (χ2n) is 6.43. The Balaban J connectivity index is 1.88. The van der Waals surface area contributed by atoms with Crippen molar-refractivity contribution < 1.29 is 4.74 Å². The molecule has 0 aromatic heterocycles. The zero-order valence-corrected chi connectivity index (χ0v) is 14.1. The summed E-state index contributed by atoms with van der Waals surface area (Å²) >= 11 is 0. The number of ether oxygens (including phenoxy) is 1. The van der Waals surface area contributed by atoms with Crippen molar-refractivity contribution in [1.82, 2.24) is 0 Å².